The number of aromatic nitrogens is 5. The molecule has 1 fully saturated rings. The van der Waals surface area contributed by atoms with Gasteiger partial charge in [-0.05, 0) is 69.2 Å². The zero-order valence-corrected chi connectivity index (χ0v) is 25.0. The van der Waals surface area contributed by atoms with Gasteiger partial charge in [0.25, 0.3) is 10.0 Å². The van der Waals surface area contributed by atoms with Gasteiger partial charge in [-0.1, -0.05) is 36.7 Å². The lowest BCUT2D eigenvalue weighted by atomic mass is 10.0. The fourth-order valence-electron chi connectivity index (χ4n) is 4.72. The number of rotatable bonds is 14. The highest BCUT2D eigenvalue weighted by atomic mass is 32.2. The molecule has 1 aromatic carbocycles. The predicted octanol–water partition coefficient (Wildman–Crippen LogP) is 5.63. The Balaban J connectivity index is 1.48. The minimum Gasteiger partial charge on any atom is -0.377 e. The molecule has 41 heavy (non-hydrogen) atoms. The first-order valence-electron chi connectivity index (χ1n) is 14.3. The topological polar surface area (TPSA) is 125 Å². The van der Waals surface area contributed by atoms with E-state index in [9.17, 15) is 8.42 Å². The van der Waals surface area contributed by atoms with Crippen LogP contribution in [0.2, 0.25) is 0 Å². The van der Waals surface area contributed by atoms with Crippen LogP contribution in [0.15, 0.2) is 45.9 Å². The Bertz CT molecular complexity index is 1610. The predicted molar refractivity (Wildman–Crippen MR) is 156 cm³/mol. The van der Waals surface area contributed by atoms with Crippen molar-refractivity contribution in [1.82, 2.24) is 24.9 Å². The minimum absolute atomic E-state index is 0.0433. The summed E-state index contributed by atoms with van der Waals surface area (Å²) in [7, 11) is -4.02. The van der Waals surface area contributed by atoms with E-state index < -0.39 is 10.0 Å². The molecule has 1 aliphatic rings. The maximum atomic E-state index is 13.5. The highest BCUT2D eigenvalue weighted by molar-refractivity contribution is 7.92. The van der Waals surface area contributed by atoms with Crippen LogP contribution >= 0.6 is 0 Å². The normalized spacial score (nSPS) is 13.6. The summed E-state index contributed by atoms with van der Waals surface area (Å²) < 4.78 is 42.6. The molecule has 10 nitrogen and oxygen atoms in total. The molecule has 4 aromatic rings. The van der Waals surface area contributed by atoms with E-state index in [1.54, 1.807) is 32.2 Å². The van der Waals surface area contributed by atoms with Crippen LogP contribution in [-0.2, 0) is 40.8 Å². The van der Waals surface area contributed by atoms with Gasteiger partial charge in [0.15, 0.2) is 5.82 Å². The average molecular weight is 579 g/mol. The third-order valence-corrected chi connectivity index (χ3v) is 8.74. The van der Waals surface area contributed by atoms with E-state index in [1.807, 2.05) is 23.7 Å². The van der Waals surface area contributed by atoms with Crippen LogP contribution in [0, 0.1) is 19.8 Å². The van der Waals surface area contributed by atoms with Crippen molar-refractivity contribution in [1.29, 1.82) is 0 Å². The first-order valence-corrected chi connectivity index (χ1v) is 15.8. The number of hydrogen-bond donors (Lipinski definition) is 1. The summed E-state index contributed by atoms with van der Waals surface area (Å²) in [5.74, 6) is 2.75. The Labute approximate surface area is 241 Å². The number of pyridine rings is 1. The van der Waals surface area contributed by atoms with Gasteiger partial charge in [-0.25, -0.2) is 22.8 Å². The van der Waals surface area contributed by atoms with Crippen molar-refractivity contribution < 1.29 is 17.7 Å². The van der Waals surface area contributed by atoms with Crippen molar-refractivity contribution >= 4 is 15.9 Å². The Morgan fingerprint density at radius 1 is 1.17 bits per heavy atom. The summed E-state index contributed by atoms with van der Waals surface area (Å²) in [6.45, 7) is 9.05. The zero-order valence-electron chi connectivity index (χ0n) is 24.2. The van der Waals surface area contributed by atoms with Crippen molar-refractivity contribution in [3.05, 3.63) is 70.6 Å². The molecule has 0 aliphatic heterocycles. The molecule has 218 valence electrons. The number of ether oxygens (including phenoxy) is 1. The number of sulfonamides is 1. The molecule has 0 radical (unpaired) electrons. The number of unbranched alkanes of at least 4 members (excludes halogenated alkanes) is 1. The second-order valence-electron chi connectivity index (χ2n) is 10.7. The van der Waals surface area contributed by atoms with Crippen LogP contribution in [0.25, 0.3) is 11.3 Å². The van der Waals surface area contributed by atoms with Gasteiger partial charge in [0.2, 0.25) is 5.88 Å². The highest BCUT2D eigenvalue weighted by Gasteiger charge is 2.26. The van der Waals surface area contributed by atoms with Crippen LogP contribution in [0.4, 0.5) is 5.88 Å². The van der Waals surface area contributed by atoms with Crippen molar-refractivity contribution in [2.75, 3.05) is 11.3 Å². The maximum Gasteiger partial charge on any atom is 0.266 e. The minimum atomic E-state index is -4.02. The first kappa shape index (κ1) is 28.9. The van der Waals surface area contributed by atoms with Gasteiger partial charge in [0.05, 0.1) is 24.5 Å². The number of nitrogens with one attached hydrogen (secondary N) is 1. The summed E-state index contributed by atoms with van der Waals surface area (Å²) >= 11 is 0. The molecule has 5 rings (SSSR count). The lowest BCUT2D eigenvalue weighted by molar-refractivity contribution is 0.134. The lowest BCUT2D eigenvalue weighted by Crippen LogP contribution is -2.15. The molecule has 0 atom stereocenters. The highest BCUT2D eigenvalue weighted by Crippen LogP contribution is 2.33. The summed E-state index contributed by atoms with van der Waals surface area (Å²) in [6, 6.07) is 9.12. The third-order valence-electron chi connectivity index (χ3n) is 7.38. The van der Waals surface area contributed by atoms with E-state index in [0.717, 1.165) is 54.4 Å². The van der Waals surface area contributed by atoms with Crippen LogP contribution in [0.3, 0.4) is 0 Å². The molecule has 1 N–H and O–H groups in total. The molecule has 0 amide bonds. The second kappa shape index (κ2) is 12.5. The number of nitrogens with zero attached hydrogens (tertiary/aromatic N) is 5. The number of anilines is 1. The smallest absolute Gasteiger partial charge is 0.266 e. The molecular formula is C30H38N6O4S. The molecule has 1 saturated carbocycles. The Hall–Kier alpha value is -3.57. The Morgan fingerprint density at radius 2 is 2.00 bits per heavy atom. The number of hydrogen-bond acceptors (Lipinski definition) is 8. The van der Waals surface area contributed by atoms with Crippen LogP contribution in [-0.4, -0.2) is 39.9 Å². The van der Waals surface area contributed by atoms with Gasteiger partial charge in [-0.2, -0.15) is 5.10 Å². The third kappa shape index (κ3) is 6.84. The SMILES string of the molecule is CCCCc1nc(CC2CC2)nn1Cc1ccc(-c2ncccc2S(=O)(=O)Nc2onc(C)c2C)c(COCC)c1. The van der Waals surface area contributed by atoms with Crippen molar-refractivity contribution in [2.45, 2.75) is 84.3 Å². The van der Waals surface area contributed by atoms with Gasteiger partial charge in [0.1, 0.15) is 10.7 Å². The summed E-state index contributed by atoms with van der Waals surface area (Å²) in [5, 5.41) is 8.73. The van der Waals surface area contributed by atoms with E-state index in [2.05, 4.69) is 27.9 Å². The maximum absolute atomic E-state index is 13.5. The fraction of sp³-hybridized carbons (Fsp3) is 0.467. The van der Waals surface area contributed by atoms with Gasteiger partial charge in [-0.3, -0.25) is 4.98 Å². The van der Waals surface area contributed by atoms with Gasteiger partial charge >= 0.3 is 0 Å². The summed E-state index contributed by atoms with van der Waals surface area (Å²) in [5.41, 5.74) is 4.16. The van der Waals surface area contributed by atoms with Gasteiger partial charge < -0.3 is 9.26 Å². The van der Waals surface area contributed by atoms with E-state index >= 15 is 0 Å². The monoisotopic (exact) mass is 578 g/mol. The first-order chi connectivity index (χ1) is 19.8. The molecule has 0 spiro atoms. The summed E-state index contributed by atoms with van der Waals surface area (Å²) in [4.78, 5) is 9.42. The number of benzene rings is 1. The second-order valence-corrected chi connectivity index (χ2v) is 12.3. The molecular weight excluding hydrogens is 540 g/mol. The molecule has 1 aliphatic carbocycles. The quantitative estimate of drug-likeness (QED) is 0.204. The van der Waals surface area contributed by atoms with E-state index in [-0.39, 0.29) is 10.8 Å². The van der Waals surface area contributed by atoms with E-state index in [0.29, 0.717) is 42.3 Å². The molecule has 11 heteroatoms. The molecule has 0 unspecified atom stereocenters. The Morgan fingerprint density at radius 3 is 2.71 bits per heavy atom. The lowest BCUT2D eigenvalue weighted by Gasteiger charge is -2.15. The average Bonchev–Trinajstić information content (AvgIpc) is 3.63. The summed E-state index contributed by atoms with van der Waals surface area (Å²) in [6.07, 6.45) is 8.11. The molecule has 3 aromatic heterocycles. The molecule has 0 bridgehead atoms. The largest absolute Gasteiger partial charge is 0.377 e. The van der Waals surface area contributed by atoms with Crippen LogP contribution in [0.1, 0.15) is 73.6 Å². The van der Waals surface area contributed by atoms with Gasteiger partial charge in [-0.15, -0.1) is 0 Å². The molecule has 3 heterocycles. The van der Waals surface area contributed by atoms with Crippen LogP contribution < -0.4 is 4.72 Å². The molecule has 0 saturated heterocycles. The van der Waals surface area contributed by atoms with Crippen molar-refractivity contribution in [2.24, 2.45) is 5.92 Å². The van der Waals surface area contributed by atoms with E-state index in [4.69, 9.17) is 19.3 Å². The zero-order chi connectivity index (χ0) is 29.0. The fourth-order valence-corrected chi connectivity index (χ4v) is 5.94. The van der Waals surface area contributed by atoms with Crippen molar-refractivity contribution in [3.8, 4) is 11.3 Å². The van der Waals surface area contributed by atoms with Gasteiger partial charge in [0, 0.05) is 36.8 Å². The van der Waals surface area contributed by atoms with E-state index in [1.165, 1.54) is 12.8 Å². The standard InChI is InChI=1S/C30H38N6O4S/c1-5-7-10-28-32-27(17-22-11-12-22)33-36(28)18-23-13-14-25(24(16-23)19-39-6-2)29-26(9-8-15-31-29)41(37,38)35-30-20(3)21(4)34-40-30/h8-9,13-16,22,35H,5-7,10-12,17-19H2,1-4H3. The van der Waals surface area contributed by atoms with Crippen molar-refractivity contribution in [3.63, 3.8) is 0 Å². The van der Waals surface area contributed by atoms with Crippen LogP contribution in [0.5, 0.6) is 0 Å². The number of aryl methyl sites for hydroxylation is 2. The Kier molecular flexibility index (Phi) is 8.84.